The van der Waals surface area contributed by atoms with Crippen molar-refractivity contribution >= 4 is 5.82 Å². The molecule has 1 aromatic rings. The maximum absolute atomic E-state index is 11.4. The summed E-state index contributed by atoms with van der Waals surface area (Å²) >= 11 is 0. The summed E-state index contributed by atoms with van der Waals surface area (Å²) in [6.07, 6.45) is 7.08. The van der Waals surface area contributed by atoms with Gasteiger partial charge in [0.25, 0.3) is 5.56 Å². The van der Waals surface area contributed by atoms with Crippen LogP contribution in [-0.4, -0.2) is 34.3 Å². The van der Waals surface area contributed by atoms with Gasteiger partial charge in [0.15, 0.2) is 0 Å². The number of nitrogens with one attached hydrogen (secondary N) is 1. The second-order valence-electron chi connectivity index (χ2n) is 5.78. The van der Waals surface area contributed by atoms with Crippen molar-refractivity contribution in [2.45, 2.75) is 38.2 Å². The van der Waals surface area contributed by atoms with Crippen molar-refractivity contribution in [2.75, 3.05) is 18.0 Å². The highest BCUT2D eigenvalue weighted by molar-refractivity contribution is 5.37. The molecule has 2 fully saturated rings. The van der Waals surface area contributed by atoms with Gasteiger partial charge in [0.1, 0.15) is 5.82 Å². The summed E-state index contributed by atoms with van der Waals surface area (Å²) in [6, 6.07) is 1.55. The summed E-state index contributed by atoms with van der Waals surface area (Å²) in [5.74, 6) is 1.70. The topological polar surface area (TPSA) is 69.2 Å². The molecule has 3 rings (SSSR count). The molecule has 2 atom stereocenters. The van der Waals surface area contributed by atoms with Crippen molar-refractivity contribution in [3.05, 3.63) is 22.7 Å². The Hall–Kier alpha value is -1.36. The van der Waals surface area contributed by atoms with Gasteiger partial charge in [-0.05, 0) is 12.3 Å². The van der Waals surface area contributed by atoms with E-state index in [4.69, 9.17) is 0 Å². The molecule has 2 heterocycles. The van der Waals surface area contributed by atoms with E-state index in [1.807, 2.05) is 0 Å². The Morgan fingerprint density at radius 2 is 2.11 bits per heavy atom. The maximum atomic E-state index is 11.4. The summed E-state index contributed by atoms with van der Waals surface area (Å²) in [6.45, 7) is 1.60. The fraction of sp³-hybridized carbons (Fsp3) is 0.714. The third-order valence-corrected chi connectivity index (χ3v) is 4.61. The average Bonchev–Trinajstić information content (AvgIpc) is 2.93. The number of aliphatic hydroxyl groups excluding tert-OH is 1. The van der Waals surface area contributed by atoms with Crippen LogP contribution in [-0.2, 0) is 0 Å². The van der Waals surface area contributed by atoms with Crippen LogP contribution in [0, 0.1) is 11.8 Å². The van der Waals surface area contributed by atoms with E-state index in [0.29, 0.717) is 11.8 Å². The van der Waals surface area contributed by atoms with E-state index in [1.165, 1.54) is 32.0 Å². The third-order valence-electron chi connectivity index (χ3n) is 4.61. The number of aromatic nitrogens is 2. The molecule has 1 aromatic heterocycles. The lowest BCUT2D eigenvalue weighted by atomic mass is 9.82. The Bertz CT molecular complexity index is 482. The first-order chi connectivity index (χ1) is 9.24. The van der Waals surface area contributed by atoms with Crippen LogP contribution in [0.5, 0.6) is 0 Å². The number of hydrogen-bond acceptors (Lipinski definition) is 4. The van der Waals surface area contributed by atoms with Crippen molar-refractivity contribution in [1.29, 1.82) is 0 Å². The van der Waals surface area contributed by atoms with Gasteiger partial charge in [0.2, 0.25) is 0 Å². The van der Waals surface area contributed by atoms with Gasteiger partial charge < -0.3 is 15.0 Å². The zero-order valence-electron chi connectivity index (χ0n) is 11.1. The predicted octanol–water partition coefficient (Wildman–Crippen LogP) is 1.15. The Balaban J connectivity index is 1.75. The fourth-order valence-corrected chi connectivity index (χ4v) is 3.56. The van der Waals surface area contributed by atoms with Crippen molar-refractivity contribution in [1.82, 2.24) is 9.97 Å². The number of nitrogens with zero attached hydrogens (tertiary/aromatic N) is 2. The van der Waals surface area contributed by atoms with Crippen LogP contribution < -0.4 is 10.5 Å². The molecule has 0 radical (unpaired) electrons. The molecule has 1 saturated heterocycles. The number of aliphatic hydroxyl groups is 1. The Labute approximate surface area is 112 Å². The van der Waals surface area contributed by atoms with E-state index < -0.39 is 0 Å². The van der Waals surface area contributed by atoms with Gasteiger partial charge in [-0.15, -0.1) is 0 Å². The van der Waals surface area contributed by atoms with Gasteiger partial charge >= 0.3 is 0 Å². The first kappa shape index (κ1) is 12.7. The fourth-order valence-electron chi connectivity index (χ4n) is 3.56. The molecule has 2 aliphatic rings. The second kappa shape index (κ2) is 5.33. The lowest BCUT2D eigenvalue weighted by Gasteiger charge is -2.39. The van der Waals surface area contributed by atoms with Crippen LogP contribution in [0.4, 0.5) is 5.82 Å². The largest absolute Gasteiger partial charge is 0.393 e. The van der Waals surface area contributed by atoms with Crippen molar-refractivity contribution in [2.24, 2.45) is 11.8 Å². The smallest absolute Gasteiger partial charge is 0.252 e. The lowest BCUT2D eigenvalue weighted by molar-refractivity contribution is 0.0561. The highest BCUT2D eigenvalue weighted by Gasteiger charge is 2.35. The molecule has 104 valence electrons. The number of hydrogen-bond donors (Lipinski definition) is 2. The van der Waals surface area contributed by atoms with Crippen LogP contribution in [0.2, 0.25) is 0 Å². The second-order valence-corrected chi connectivity index (χ2v) is 5.78. The highest BCUT2D eigenvalue weighted by Crippen LogP contribution is 2.36. The molecule has 0 amide bonds. The molecule has 5 nitrogen and oxygen atoms in total. The average molecular weight is 263 g/mol. The molecule has 5 heteroatoms. The molecule has 1 aliphatic heterocycles. The normalized spacial score (nSPS) is 28.8. The first-order valence-electron chi connectivity index (χ1n) is 7.22. The van der Waals surface area contributed by atoms with E-state index in [2.05, 4.69) is 14.9 Å². The number of rotatable bonds is 2. The predicted molar refractivity (Wildman–Crippen MR) is 73.1 cm³/mol. The Kier molecular flexibility index (Phi) is 3.55. The van der Waals surface area contributed by atoms with E-state index in [-0.39, 0.29) is 11.7 Å². The quantitative estimate of drug-likeness (QED) is 0.839. The monoisotopic (exact) mass is 263 g/mol. The zero-order valence-corrected chi connectivity index (χ0v) is 11.1. The summed E-state index contributed by atoms with van der Waals surface area (Å²) in [7, 11) is 0. The minimum absolute atomic E-state index is 0.117. The van der Waals surface area contributed by atoms with E-state index in [9.17, 15) is 9.90 Å². The summed E-state index contributed by atoms with van der Waals surface area (Å²) in [4.78, 5) is 20.3. The Morgan fingerprint density at radius 1 is 1.32 bits per heavy atom. The number of aromatic amines is 1. The number of piperidine rings is 1. The standard InChI is InChI=1S/C14H21N3O2/c18-12-5-6-17(13-7-14(19)16-9-15-13)8-11(12)10-3-1-2-4-10/h7,9-12,18H,1-6,8H2,(H,15,16,19)/t11-,12+/m0/s1. The van der Waals surface area contributed by atoms with Crippen molar-refractivity contribution in [3.8, 4) is 0 Å². The molecule has 2 N–H and O–H groups in total. The molecule has 1 aliphatic carbocycles. The molecule has 0 bridgehead atoms. The molecule has 0 spiro atoms. The summed E-state index contributed by atoms with van der Waals surface area (Å²) in [5, 5.41) is 10.2. The summed E-state index contributed by atoms with van der Waals surface area (Å²) < 4.78 is 0. The highest BCUT2D eigenvalue weighted by atomic mass is 16.3. The summed E-state index contributed by atoms with van der Waals surface area (Å²) in [5.41, 5.74) is -0.117. The molecule has 0 unspecified atom stereocenters. The maximum Gasteiger partial charge on any atom is 0.252 e. The van der Waals surface area contributed by atoms with Gasteiger partial charge in [0, 0.05) is 25.1 Å². The van der Waals surface area contributed by atoms with Crippen LogP contribution >= 0.6 is 0 Å². The first-order valence-corrected chi connectivity index (χ1v) is 7.22. The lowest BCUT2D eigenvalue weighted by Crippen LogP contribution is -2.46. The van der Waals surface area contributed by atoms with E-state index in [0.717, 1.165) is 25.3 Å². The van der Waals surface area contributed by atoms with Gasteiger partial charge in [-0.2, -0.15) is 0 Å². The van der Waals surface area contributed by atoms with Gasteiger partial charge in [-0.25, -0.2) is 4.98 Å². The number of anilines is 1. The minimum Gasteiger partial charge on any atom is -0.393 e. The molecular weight excluding hydrogens is 242 g/mol. The van der Waals surface area contributed by atoms with Crippen molar-refractivity contribution < 1.29 is 5.11 Å². The van der Waals surface area contributed by atoms with E-state index >= 15 is 0 Å². The molecule has 19 heavy (non-hydrogen) atoms. The number of H-pyrrole nitrogens is 1. The third kappa shape index (κ3) is 2.66. The van der Waals surface area contributed by atoms with Crippen LogP contribution in [0.25, 0.3) is 0 Å². The van der Waals surface area contributed by atoms with E-state index in [1.54, 1.807) is 6.07 Å². The van der Waals surface area contributed by atoms with Gasteiger partial charge in [0.05, 0.1) is 12.4 Å². The van der Waals surface area contributed by atoms with Gasteiger partial charge in [-0.3, -0.25) is 4.79 Å². The van der Waals surface area contributed by atoms with Gasteiger partial charge in [-0.1, -0.05) is 25.7 Å². The zero-order chi connectivity index (χ0) is 13.2. The molecule has 0 aromatic carbocycles. The SMILES string of the molecule is O=c1cc(N2CC[C@@H](O)[C@H](C3CCCC3)C2)nc[nH]1. The van der Waals surface area contributed by atoms with Crippen LogP contribution in [0.1, 0.15) is 32.1 Å². The van der Waals surface area contributed by atoms with Crippen molar-refractivity contribution in [3.63, 3.8) is 0 Å². The van der Waals surface area contributed by atoms with Crippen LogP contribution in [0.3, 0.4) is 0 Å². The molecule has 1 saturated carbocycles. The Morgan fingerprint density at radius 3 is 2.84 bits per heavy atom. The minimum atomic E-state index is -0.193. The molecular formula is C14H21N3O2. The van der Waals surface area contributed by atoms with Crippen LogP contribution in [0.15, 0.2) is 17.2 Å².